The van der Waals surface area contributed by atoms with Crippen LogP contribution >= 0.6 is 11.6 Å². The zero-order chi connectivity index (χ0) is 22.1. The van der Waals surface area contributed by atoms with Crippen molar-refractivity contribution in [1.82, 2.24) is 14.5 Å². The van der Waals surface area contributed by atoms with Crippen LogP contribution in [0.15, 0.2) is 24.3 Å². The summed E-state index contributed by atoms with van der Waals surface area (Å²) in [4.78, 5) is 34.7. The van der Waals surface area contributed by atoms with Crippen molar-refractivity contribution in [2.75, 3.05) is 24.6 Å². The van der Waals surface area contributed by atoms with Crippen LogP contribution in [0.25, 0.3) is 0 Å². The SMILES string of the molecule is CC(C)Oc1nc2c(n1Cc1ccc(Cl)cc1)C(=O)N(CCCO)C(=O)C1CCCN21. The van der Waals surface area contributed by atoms with Crippen LogP contribution in [-0.4, -0.2) is 63.2 Å². The van der Waals surface area contributed by atoms with Crippen molar-refractivity contribution in [2.45, 2.75) is 51.8 Å². The molecule has 3 heterocycles. The molecule has 2 aromatic rings. The summed E-state index contributed by atoms with van der Waals surface area (Å²) in [5, 5.41) is 9.92. The quantitative estimate of drug-likeness (QED) is 0.658. The smallest absolute Gasteiger partial charge is 0.299 e. The highest BCUT2D eigenvalue weighted by Crippen LogP contribution is 2.36. The van der Waals surface area contributed by atoms with Gasteiger partial charge in [-0.05, 0) is 50.8 Å². The predicted molar refractivity (Wildman–Crippen MR) is 117 cm³/mol. The molecule has 1 aromatic heterocycles. The first-order chi connectivity index (χ1) is 14.9. The third kappa shape index (κ3) is 4.14. The van der Waals surface area contributed by atoms with Crippen LogP contribution in [0.4, 0.5) is 5.82 Å². The summed E-state index contributed by atoms with van der Waals surface area (Å²) in [5.41, 5.74) is 1.28. The molecular weight excluding hydrogens is 420 g/mol. The number of hydrogen-bond acceptors (Lipinski definition) is 6. The van der Waals surface area contributed by atoms with Crippen LogP contribution in [0, 0.1) is 0 Å². The van der Waals surface area contributed by atoms with Gasteiger partial charge in [-0.3, -0.25) is 19.1 Å². The van der Waals surface area contributed by atoms with Crippen molar-refractivity contribution in [3.05, 3.63) is 40.5 Å². The first kappa shape index (κ1) is 21.6. The Kier molecular flexibility index (Phi) is 6.20. The van der Waals surface area contributed by atoms with Gasteiger partial charge in [0.15, 0.2) is 11.5 Å². The fourth-order valence-electron chi connectivity index (χ4n) is 4.18. The van der Waals surface area contributed by atoms with Gasteiger partial charge < -0.3 is 14.7 Å². The maximum atomic E-state index is 13.6. The van der Waals surface area contributed by atoms with E-state index in [9.17, 15) is 14.7 Å². The number of aliphatic hydroxyl groups excluding tert-OH is 1. The van der Waals surface area contributed by atoms with Gasteiger partial charge in [-0.25, -0.2) is 0 Å². The minimum absolute atomic E-state index is 0.0932. The predicted octanol–water partition coefficient (Wildman–Crippen LogP) is 2.71. The van der Waals surface area contributed by atoms with E-state index in [1.807, 2.05) is 30.9 Å². The lowest BCUT2D eigenvalue weighted by molar-refractivity contribution is -0.129. The molecule has 1 unspecified atom stereocenters. The zero-order valence-electron chi connectivity index (χ0n) is 17.8. The number of anilines is 1. The third-order valence-electron chi connectivity index (χ3n) is 5.57. The number of rotatable bonds is 7. The van der Waals surface area contributed by atoms with E-state index in [4.69, 9.17) is 21.3 Å². The van der Waals surface area contributed by atoms with E-state index in [0.717, 1.165) is 12.0 Å². The highest BCUT2D eigenvalue weighted by atomic mass is 35.5. The topological polar surface area (TPSA) is 87.9 Å². The number of imidazole rings is 1. The number of carbonyl (C=O) groups excluding carboxylic acids is 2. The van der Waals surface area contributed by atoms with Crippen LogP contribution in [0.2, 0.25) is 5.02 Å². The molecule has 2 aliphatic heterocycles. The van der Waals surface area contributed by atoms with Crippen LogP contribution in [0.3, 0.4) is 0 Å². The van der Waals surface area contributed by atoms with E-state index < -0.39 is 11.9 Å². The normalized spacial score (nSPS) is 18.4. The Morgan fingerprint density at radius 3 is 2.68 bits per heavy atom. The molecule has 8 nitrogen and oxygen atoms in total. The number of aromatic nitrogens is 2. The number of carbonyl (C=O) groups is 2. The van der Waals surface area contributed by atoms with E-state index in [-0.39, 0.29) is 25.2 Å². The Balaban J connectivity index is 1.84. The van der Waals surface area contributed by atoms with E-state index >= 15 is 0 Å². The Hall–Kier alpha value is -2.58. The molecule has 0 radical (unpaired) electrons. The lowest BCUT2D eigenvalue weighted by Gasteiger charge is -2.25. The number of aliphatic hydroxyl groups is 1. The Bertz CT molecular complexity index is 973. The van der Waals surface area contributed by atoms with Crippen molar-refractivity contribution in [3.8, 4) is 6.01 Å². The monoisotopic (exact) mass is 446 g/mol. The molecule has 4 rings (SSSR count). The van der Waals surface area contributed by atoms with Crippen molar-refractivity contribution in [3.63, 3.8) is 0 Å². The van der Waals surface area contributed by atoms with Crippen molar-refractivity contribution >= 4 is 29.2 Å². The van der Waals surface area contributed by atoms with Crippen molar-refractivity contribution in [2.24, 2.45) is 0 Å². The van der Waals surface area contributed by atoms with E-state index in [1.165, 1.54) is 4.90 Å². The number of amides is 2. The average molecular weight is 447 g/mol. The van der Waals surface area contributed by atoms with Gasteiger partial charge >= 0.3 is 0 Å². The van der Waals surface area contributed by atoms with Crippen LogP contribution in [-0.2, 0) is 11.3 Å². The number of imide groups is 1. The van der Waals surface area contributed by atoms with Crippen LogP contribution in [0.1, 0.15) is 49.2 Å². The van der Waals surface area contributed by atoms with E-state index in [2.05, 4.69) is 0 Å². The first-order valence-electron chi connectivity index (χ1n) is 10.7. The van der Waals surface area contributed by atoms with Crippen molar-refractivity contribution < 1.29 is 19.4 Å². The highest BCUT2D eigenvalue weighted by molar-refractivity contribution is 6.30. The molecular formula is C22H27ClN4O4. The van der Waals surface area contributed by atoms with Gasteiger partial charge in [0.1, 0.15) is 6.04 Å². The summed E-state index contributed by atoms with van der Waals surface area (Å²) in [6, 6.07) is 7.31. The van der Waals surface area contributed by atoms with Gasteiger partial charge in [0.05, 0.1) is 12.6 Å². The lowest BCUT2D eigenvalue weighted by Crippen LogP contribution is -2.46. The molecule has 2 amide bonds. The highest BCUT2D eigenvalue weighted by Gasteiger charge is 2.45. The molecule has 0 spiro atoms. The minimum Gasteiger partial charge on any atom is -0.462 e. The molecule has 166 valence electrons. The Labute approximate surface area is 186 Å². The summed E-state index contributed by atoms with van der Waals surface area (Å²) >= 11 is 6.03. The largest absolute Gasteiger partial charge is 0.462 e. The summed E-state index contributed by atoms with van der Waals surface area (Å²) in [5.74, 6) is -0.127. The number of benzene rings is 1. The van der Waals surface area contributed by atoms with Gasteiger partial charge in [0, 0.05) is 24.7 Å². The maximum absolute atomic E-state index is 13.6. The summed E-state index contributed by atoms with van der Waals surface area (Å²) < 4.78 is 7.73. The van der Waals surface area contributed by atoms with Gasteiger partial charge in [-0.15, -0.1) is 0 Å². The van der Waals surface area contributed by atoms with Crippen LogP contribution in [0.5, 0.6) is 6.01 Å². The summed E-state index contributed by atoms with van der Waals surface area (Å²) in [6.07, 6.45) is 1.72. The lowest BCUT2D eigenvalue weighted by atomic mass is 10.2. The number of nitrogens with zero attached hydrogens (tertiary/aromatic N) is 4. The van der Waals surface area contributed by atoms with E-state index in [0.29, 0.717) is 48.5 Å². The van der Waals surface area contributed by atoms with Gasteiger partial charge in [0.25, 0.3) is 17.8 Å². The Morgan fingerprint density at radius 2 is 2.00 bits per heavy atom. The second kappa shape index (κ2) is 8.88. The fourth-order valence-corrected chi connectivity index (χ4v) is 4.30. The molecule has 2 aliphatic rings. The van der Waals surface area contributed by atoms with Gasteiger partial charge in [-0.2, -0.15) is 4.98 Å². The number of halogens is 1. The van der Waals surface area contributed by atoms with Gasteiger partial charge in [0.2, 0.25) is 0 Å². The second-order valence-electron chi connectivity index (χ2n) is 8.17. The molecule has 0 aliphatic carbocycles. The molecule has 1 saturated heterocycles. The van der Waals surface area contributed by atoms with E-state index in [1.54, 1.807) is 16.7 Å². The maximum Gasteiger partial charge on any atom is 0.299 e. The molecule has 0 saturated carbocycles. The molecule has 9 heteroatoms. The minimum atomic E-state index is -0.422. The first-order valence-corrected chi connectivity index (χ1v) is 11.0. The zero-order valence-corrected chi connectivity index (χ0v) is 18.5. The number of hydrogen-bond donors (Lipinski definition) is 1. The van der Waals surface area contributed by atoms with Crippen molar-refractivity contribution in [1.29, 1.82) is 0 Å². The summed E-state index contributed by atoms with van der Waals surface area (Å²) in [7, 11) is 0. The molecule has 1 aromatic carbocycles. The molecule has 1 fully saturated rings. The molecule has 0 bridgehead atoms. The molecule has 31 heavy (non-hydrogen) atoms. The standard InChI is InChI=1S/C22H27ClN4O4/c1-14(2)31-22-24-19-18(27(22)13-15-6-8-16(23)9-7-15)21(30)26(11-4-12-28)20(29)17-5-3-10-25(17)19/h6-9,14,17,28H,3-5,10-13H2,1-2H3. The second-order valence-corrected chi connectivity index (χ2v) is 8.61. The Morgan fingerprint density at radius 1 is 1.26 bits per heavy atom. The third-order valence-corrected chi connectivity index (χ3v) is 5.82. The number of fused-ring (bicyclic) bond motifs is 3. The van der Waals surface area contributed by atoms with Gasteiger partial charge in [-0.1, -0.05) is 23.7 Å². The van der Waals surface area contributed by atoms with Crippen LogP contribution < -0.4 is 9.64 Å². The molecule has 1 atom stereocenters. The average Bonchev–Trinajstić information content (AvgIpc) is 3.32. The number of ether oxygens (including phenoxy) is 1. The summed E-state index contributed by atoms with van der Waals surface area (Å²) in [6.45, 7) is 4.90. The fraction of sp³-hybridized carbons (Fsp3) is 0.500. The molecule has 1 N–H and O–H groups in total.